The number of rotatable bonds is 7. The molecular formula is C15H29NO5. The van der Waals surface area contributed by atoms with Crippen LogP contribution in [0.1, 0.15) is 47.0 Å². The molecule has 1 amide bonds. The zero-order chi connectivity index (χ0) is 15.9. The maximum absolute atomic E-state index is 11.8. The topological polar surface area (TPSA) is 77.0 Å². The van der Waals surface area contributed by atoms with Crippen LogP contribution in [0.5, 0.6) is 0 Å². The monoisotopic (exact) mass is 303 g/mol. The van der Waals surface area contributed by atoms with Gasteiger partial charge >= 0.3 is 6.09 Å². The van der Waals surface area contributed by atoms with Crippen LogP contribution in [-0.2, 0) is 14.2 Å². The van der Waals surface area contributed by atoms with E-state index in [-0.39, 0.29) is 12.7 Å². The number of hydrogen-bond acceptors (Lipinski definition) is 5. The molecule has 0 aromatic carbocycles. The summed E-state index contributed by atoms with van der Waals surface area (Å²) in [5.74, 6) is 0. The SMILES string of the molecule is CCCCOCC[C@@H]1OCC(O)[C@H]1NC(=O)OC(C)(C)C. The maximum atomic E-state index is 11.8. The highest BCUT2D eigenvalue weighted by Crippen LogP contribution is 2.18. The van der Waals surface area contributed by atoms with Crippen LogP contribution in [0.3, 0.4) is 0 Å². The summed E-state index contributed by atoms with van der Waals surface area (Å²) in [7, 11) is 0. The standard InChI is InChI=1S/C15H29NO5/c1-5-6-8-19-9-7-12-13(11(17)10-20-12)16-14(18)21-15(2,3)4/h11-13,17H,5-10H2,1-4H3,(H,16,18)/t11?,12-,13+/m0/s1. The molecule has 0 radical (unpaired) electrons. The van der Waals surface area contributed by atoms with Gasteiger partial charge in [-0.25, -0.2) is 4.79 Å². The highest BCUT2D eigenvalue weighted by molar-refractivity contribution is 5.68. The molecule has 2 N–H and O–H groups in total. The molecule has 1 aliphatic heterocycles. The number of unbranched alkanes of at least 4 members (excludes halogenated alkanes) is 1. The summed E-state index contributed by atoms with van der Waals surface area (Å²) in [6, 6.07) is -0.449. The molecule has 6 nitrogen and oxygen atoms in total. The normalized spacial score (nSPS) is 25.9. The molecule has 0 aliphatic carbocycles. The minimum Gasteiger partial charge on any atom is -0.444 e. The summed E-state index contributed by atoms with van der Waals surface area (Å²) in [6.07, 6.45) is 1.29. The fourth-order valence-electron chi connectivity index (χ4n) is 2.12. The minimum atomic E-state index is -0.710. The quantitative estimate of drug-likeness (QED) is 0.702. The molecule has 1 rings (SSSR count). The molecule has 0 saturated carbocycles. The van der Waals surface area contributed by atoms with Gasteiger partial charge in [-0.15, -0.1) is 0 Å². The third-order valence-electron chi connectivity index (χ3n) is 3.17. The van der Waals surface area contributed by atoms with Crippen molar-refractivity contribution in [1.82, 2.24) is 5.32 Å². The van der Waals surface area contributed by atoms with Crippen molar-refractivity contribution in [2.75, 3.05) is 19.8 Å². The lowest BCUT2D eigenvalue weighted by Gasteiger charge is -2.25. The first-order chi connectivity index (χ1) is 9.83. The second-order valence-corrected chi connectivity index (χ2v) is 6.37. The number of nitrogens with one attached hydrogen (secondary N) is 1. The molecule has 3 atom stereocenters. The summed E-state index contributed by atoms with van der Waals surface area (Å²) in [5.41, 5.74) is -0.562. The van der Waals surface area contributed by atoms with E-state index in [4.69, 9.17) is 14.2 Å². The van der Waals surface area contributed by atoms with Crippen LogP contribution >= 0.6 is 0 Å². The fourth-order valence-corrected chi connectivity index (χ4v) is 2.12. The number of alkyl carbamates (subject to hydrolysis) is 1. The Morgan fingerprint density at radius 2 is 2.10 bits per heavy atom. The number of aliphatic hydroxyl groups excluding tert-OH is 1. The van der Waals surface area contributed by atoms with Gasteiger partial charge in [0.1, 0.15) is 11.7 Å². The lowest BCUT2D eigenvalue weighted by Crippen LogP contribution is -2.48. The molecule has 124 valence electrons. The molecule has 21 heavy (non-hydrogen) atoms. The number of ether oxygens (including phenoxy) is 3. The zero-order valence-corrected chi connectivity index (χ0v) is 13.6. The number of carbonyl (C=O) groups excluding carboxylic acids is 1. The van der Waals surface area contributed by atoms with Crippen molar-refractivity contribution in [2.45, 2.75) is 70.8 Å². The van der Waals surface area contributed by atoms with E-state index in [1.54, 1.807) is 20.8 Å². The summed E-state index contributed by atoms with van der Waals surface area (Å²) in [4.78, 5) is 11.8. The molecule has 1 heterocycles. The Morgan fingerprint density at radius 3 is 2.71 bits per heavy atom. The fraction of sp³-hybridized carbons (Fsp3) is 0.933. The predicted molar refractivity (Wildman–Crippen MR) is 79.2 cm³/mol. The number of aliphatic hydroxyl groups is 1. The molecule has 0 bridgehead atoms. The Balaban J connectivity index is 2.36. The molecule has 0 aromatic rings. The van der Waals surface area contributed by atoms with Gasteiger partial charge in [0.2, 0.25) is 0 Å². The third-order valence-corrected chi connectivity index (χ3v) is 3.17. The van der Waals surface area contributed by atoms with E-state index >= 15 is 0 Å². The Bertz CT molecular complexity index is 316. The first-order valence-corrected chi connectivity index (χ1v) is 7.70. The van der Waals surface area contributed by atoms with E-state index in [0.717, 1.165) is 19.4 Å². The van der Waals surface area contributed by atoms with Crippen LogP contribution in [0, 0.1) is 0 Å². The van der Waals surface area contributed by atoms with Crippen LogP contribution in [0.2, 0.25) is 0 Å². The van der Waals surface area contributed by atoms with Gasteiger partial charge in [-0.3, -0.25) is 0 Å². The van der Waals surface area contributed by atoms with Gasteiger partial charge in [0.15, 0.2) is 0 Å². The van der Waals surface area contributed by atoms with Gasteiger partial charge in [0.05, 0.1) is 18.8 Å². The average molecular weight is 303 g/mol. The summed E-state index contributed by atoms with van der Waals surface area (Å²) in [5, 5.41) is 12.6. The largest absolute Gasteiger partial charge is 0.444 e. The molecule has 1 unspecified atom stereocenters. The van der Waals surface area contributed by atoms with Gasteiger partial charge in [-0.1, -0.05) is 13.3 Å². The summed E-state index contributed by atoms with van der Waals surface area (Å²) < 4.78 is 16.2. The lowest BCUT2D eigenvalue weighted by molar-refractivity contribution is 0.0344. The van der Waals surface area contributed by atoms with Gasteiger partial charge in [-0.2, -0.15) is 0 Å². The molecule has 1 aliphatic rings. The van der Waals surface area contributed by atoms with E-state index in [1.807, 2.05) is 0 Å². The van der Waals surface area contributed by atoms with Gasteiger partial charge < -0.3 is 24.6 Å². The van der Waals surface area contributed by atoms with Gasteiger partial charge in [0.25, 0.3) is 0 Å². The number of amides is 1. The van der Waals surface area contributed by atoms with Crippen molar-refractivity contribution < 1.29 is 24.1 Å². The van der Waals surface area contributed by atoms with Gasteiger partial charge in [-0.05, 0) is 33.6 Å². The van der Waals surface area contributed by atoms with E-state index < -0.39 is 23.8 Å². The third kappa shape index (κ3) is 7.11. The lowest BCUT2D eigenvalue weighted by atomic mass is 10.1. The first kappa shape index (κ1) is 18.2. The van der Waals surface area contributed by atoms with Crippen LogP contribution in [0.15, 0.2) is 0 Å². The van der Waals surface area contributed by atoms with Crippen LogP contribution in [0.4, 0.5) is 4.79 Å². The van der Waals surface area contributed by atoms with Crippen LogP contribution in [0.25, 0.3) is 0 Å². The highest BCUT2D eigenvalue weighted by Gasteiger charge is 2.37. The van der Waals surface area contributed by atoms with Crippen molar-refractivity contribution in [3.05, 3.63) is 0 Å². The second kappa shape index (κ2) is 8.56. The van der Waals surface area contributed by atoms with E-state index in [1.165, 1.54) is 0 Å². The molecular weight excluding hydrogens is 274 g/mol. The Hall–Kier alpha value is -0.850. The smallest absolute Gasteiger partial charge is 0.408 e. The molecule has 1 saturated heterocycles. The molecule has 6 heteroatoms. The average Bonchev–Trinajstić information content (AvgIpc) is 2.69. The van der Waals surface area contributed by atoms with Crippen molar-refractivity contribution in [3.63, 3.8) is 0 Å². The Kier molecular flexibility index (Phi) is 7.42. The summed E-state index contributed by atoms with van der Waals surface area (Å²) in [6.45, 7) is 9.02. The maximum Gasteiger partial charge on any atom is 0.408 e. The number of carbonyl (C=O) groups is 1. The molecule has 0 aromatic heterocycles. The first-order valence-electron chi connectivity index (χ1n) is 7.70. The molecule has 1 fully saturated rings. The van der Waals surface area contributed by atoms with Crippen molar-refractivity contribution in [2.24, 2.45) is 0 Å². The summed E-state index contributed by atoms with van der Waals surface area (Å²) >= 11 is 0. The van der Waals surface area contributed by atoms with Crippen LogP contribution in [-0.4, -0.2) is 54.9 Å². The van der Waals surface area contributed by atoms with Crippen LogP contribution < -0.4 is 5.32 Å². The Morgan fingerprint density at radius 1 is 1.38 bits per heavy atom. The zero-order valence-electron chi connectivity index (χ0n) is 13.6. The van der Waals surface area contributed by atoms with E-state index in [9.17, 15) is 9.90 Å². The van der Waals surface area contributed by atoms with Crippen molar-refractivity contribution >= 4 is 6.09 Å². The van der Waals surface area contributed by atoms with E-state index in [0.29, 0.717) is 13.0 Å². The van der Waals surface area contributed by atoms with Crippen molar-refractivity contribution in [1.29, 1.82) is 0 Å². The Labute approximate surface area is 127 Å². The minimum absolute atomic E-state index is 0.222. The highest BCUT2D eigenvalue weighted by atomic mass is 16.6. The molecule has 0 spiro atoms. The second-order valence-electron chi connectivity index (χ2n) is 6.37. The van der Waals surface area contributed by atoms with E-state index in [2.05, 4.69) is 12.2 Å². The van der Waals surface area contributed by atoms with Crippen molar-refractivity contribution in [3.8, 4) is 0 Å². The number of hydrogen-bond donors (Lipinski definition) is 2. The predicted octanol–water partition coefficient (Wildman–Crippen LogP) is 1.85. The van der Waals surface area contributed by atoms with Gasteiger partial charge in [0, 0.05) is 13.2 Å².